The van der Waals surface area contributed by atoms with E-state index in [1.807, 2.05) is 30.3 Å². The molecule has 0 aromatic heterocycles. The molecule has 2 N–H and O–H groups in total. The molecule has 2 unspecified atom stereocenters. The molecule has 0 amide bonds. The molecule has 0 aliphatic carbocycles. The van der Waals surface area contributed by atoms with Gasteiger partial charge in [0.2, 0.25) is 5.75 Å². The van der Waals surface area contributed by atoms with Crippen molar-refractivity contribution in [2.24, 2.45) is 0 Å². The molecule has 8 nitrogen and oxygen atoms in total. The van der Waals surface area contributed by atoms with Crippen LogP contribution in [0.1, 0.15) is 45.5 Å². The molecule has 6 bridgehead atoms. The minimum atomic E-state index is -0.0845. The largest absolute Gasteiger partial charge is 0.502 e. The molecule has 4 heterocycles. The van der Waals surface area contributed by atoms with Crippen LogP contribution < -0.4 is 28.6 Å². The van der Waals surface area contributed by atoms with Crippen molar-refractivity contribution in [3.8, 4) is 46.0 Å². The van der Waals surface area contributed by atoms with Gasteiger partial charge in [0, 0.05) is 19.0 Å². The smallest absolute Gasteiger partial charge is 0.202 e. The normalized spacial score (nSPS) is 20.2. The number of aromatic hydroxyl groups is 1. The standard InChI is InChI=1S/C37H38N2O6/c1-38-14-12-24-19-31(42-4)33-21-27(24)28(38)16-22-6-9-26(10-7-22)44-32-18-23(8-11-30(32)41-3)17-29-35-25(13-15-39(29)2)20-34(43-5)36(40)37(35)45-33/h6-11,13,15,18-21,28-29,40H,12,14,16-17H2,1-5H3/p+1/t28-,29?/m1/s1. The van der Waals surface area contributed by atoms with Gasteiger partial charge in [-0.2, -0.15) is 0 Å². The zero-order valence-corrected chi connectivity index (χ0v) is 26.3. The molecule has 4 aliphatic heterocycles. The first-order valence-electron chi connectivity index (χ1n) is 15.3. The third-order valence-corrected chi connectivity index (χ3v) is 9.44. The summed E-state index contributed by atoms with van der Waals surface area (Å²) in [6.07, 6.45) is 6.56. The third-order valence-electron chi connectivity index (χ3n) is 9.44. The highest BCUT2D eigenvalue weighted by atomic mass is 16.5. The molecule has 0 radical (unpaired) electrons. The number of phenolic OH excluding ortho intramolecular Hbond substituents is 1. The Hall–Kier alpha value is -4.66. The maximum Gasteiger partial charge on any atom is 0.202 e. The van der Waals surface area contributed by atoms with Crippen LogP contribution in [0, 0.1) is 0 Å². The number of fused-ring (bicyclic) bond motifs is 2. The van der Waals surface area contributed by atoms with Gasteiger partial charge in [0.25, 0.3) is 0 Å². The van der Waals surface area contributed by atoms with Gasteiger partial charge in [-0.25, -0.2) is 0 Å². The number of methoxy groups -OCH3 is 3. The monoisotopic (exact) mass is 607 g/mol. The summed E-state index contributed by atoms with van der Waals surface area (Å²) in [6, 6.07) is 20.5. The van der Waals surface area contributed by atoms with Crippen molar-refractivity contribution < 1.29 is 33.7 Å². The van der Waals surface area contributed by atoms with Crippen molar-refractivity contribution in [3.05, 3.63) is 100 Å². The molecule has 0 fully saturated rings. The summed E-state index contributed by atoms with van der Waals surface area (Å²) in [6.45, 7) is 0.936. The second-order valence-electron chi connectivity index (χ2n) is 12.1. The third kappa shape index (κ3) is 5.24. The average Bonchev–Trinajstić information content (AvgIpc) is 3.05. The molecule has 232 valence electrons. The zero-order chi connectivity index (χ0) is 31.2. The lowest BCUT2D eigenvalue weighted by Crippen LogP contribution is -3.05. The van der Waals surface area contributed by atoms with Crippen LogP contribution in [0.2, 0.25) is 0 Å². The number of hydrogen-bond donors (Lipinski definition) is 2. The van der Waals surface area contributed by atoms with Gasteiger partial charge in [-0.1, -0.05) is 18.2 Å². The molecule has 0 saturated carbocycles. The maximum absolute atomic E-state index is 11.6. The van der Waals surface area contributed by atoms with Crippen LogP contribution in [0.15, 0.2) is 66.9 Å². The maximum atomic E-state index is 11.6. The number of likely N-dealkylation sites (N-methyl/N-ethyl adjacent to an activating group) is 2. The highest BCUT2D eigenvalue weighted by Crippen LogP contribution is 2.49. The van der Waals surface area contributed by atoms with E-state index in [-0.39, 0.29) is 17.8 Å². The van der Waals surface area contributed by atoms with Gasteiger partial charge in [0.1, 0.15) is 11.8 Å². The van der Waals surface area contributed by atoms with Crippen LogP contribution in [-0.4, -0.2) is 52.0 Å². The average molecular weight is 608 g/mol. The predicted octanol–water partition coefficient (Wildman–Crippen LogP) is 5.87. The van der Waals surface area contributed by atoms with Gasteiger partial charge in [-0.15, -0.1) is 0 Å². The lowest BCUT2D eigenvalue weighted by molar-refractivity contribution is -0.860. The Labute approximate surface area is 264 Å². The van der Waals surface area contributed by atoms with Gasteiger partial charge in [0.05, 0.1) is 40.1 Å². The highest BCUT2D eigenvalue weighted by Gasteiger charge is 2.35. The van der Waals surface area contributed by atoms with Crippen LogP contribution in [0.3, 0.4) is 0 Å². The van der Waals surface area contributed by atoms with E-state index in [9.17, 15) is 5.11 Å². The first-order chi connectivity index (χ1) is 21.9. The second kappa shape index (κ2) is 11.7. The number of benzene rings is 4. The lowest BCUT2D eigenvalue weighted by atomic mass is 9.88. The molecule has 8 heteroatoms. The fraction of sp³-hybridized carbons (Fsp3) is 0.297. The molecule has 8 rings (SSSR count). The fourth-order valence-corrected chi connectivity index (χ4v) is 6.90. The Morgan fingerprint density at radius 2 is 1.56 bits per heavy atom. The Balaban J connectivity index is 1.46. The summed E-state index contributed by atoms with van der Waals surface area (Å²) in [4.78, 5) is 3.54. The van der Waals surface area contributed by atoms with Crippen LogP contribution in [0.4, 0.5) is 0 Å². The van der Waals surface area contributed by atoms with Crippen LogP contribution in [0.5, 0.6) is 46.0 Å². The molecular weight excluding hydrogens is 568 g/mol. The molecule has 45 heavy (non-hydrogen) atoms. The Morgan fingerprint density at radius 3 is 2.31 bits per heavy atom. The Bertz CT molecular complexity index is 1780. The van der Waals surface area contributed by atoms with E-state index in [0.29, 0.717) is 40.9 Å². The first kappa shape index (κ1) is 29.1. The van der Waals surface area contributed by atoms with E-state index in [4.69, 9.17) is 23.7 Å². The van der Waals surface area contributed by atoms with E-state index in [0.717, 1.165) is 46.7 Å². The molecular formula is C37H39N2O6+. The summed E-state index contributed by atoms with van der Waals surface area (Å²) >= 11 is 0. The lowest BCUT2D eigenvalue weighted by Gasteiger charge is -2.35. The van der Waals surface area contributed by atoms with Gasteiger partial charge >= 0.3 is 0 Å². The summed E-state index contributed by atoms with van der Waals surface area (Å²) in [5.74, 6) is 3.95. The zero-order valence-electron chi connectivity index (χ0n) is 26.3. The van der Waals surface area contributed by atoms with Gasteiger partial charge in [0.15, 0.2) is 34.5 Å². The van der Waals surface area contributed by atoms with Crippen LogP contribution >= 0.6 is 0 Å². The number of quaternary nitrogens is 1. The Morgan fingerprint density at radius 1 is 0.822 bits per heavy atom. The quantitative estimate of drug-likeness (QED) is 0.302. The van der Waals surface area contributed by atoms with E-state index < -0.39 is 0 Å². The van der Waals surface area contributed by atoms with Crippen molar-refractivity contribution in [2.75, 3.05) is 42.0 Å². The fourth-order valence-electron chi connectivity index (χ4n) is 6.90. The van der Waals surface area contributed by atoms with Gasteiger partial charge in [-0.3, -0.25) is 4.90 Å². The second-order valence-corrected chi connectivity index (χ2v) is 12.1. The summed E-state index contributed by atoms with van der Waals surface area (Å²) in [7, 11) is 9.15. The van der Waals surface area contributed by atoms with E-state index in [2.05, 4.69) is 61.6 Å². The summed E-state index contributed by atoms with van der Waals surface area (Å²) in [5.41, 5.74) is 6.53. The number of ether oxygens (including phenoxy) is 5. The van der Waals surface area contributed by atoms with Crippen molar-refractivity contribution in [1.29, 1.82) is 0 Å². The number of rotatable bonds is 3. The van der Waals surface area contributed by atoms with Crippen molar-refractivity contribution in [2.45, 2.75) is 31.3 Å². The molecule has 0 saturated heterocycles. The number of hydrogen-bond acceptors (Lipinski definition) is 7. The van der Waals surface area contributed by atoms with Crippen molar-refractivity contribution in [1.82, 2.24) is 4.90 Å². The van der Waals surface area contributed by atoms with E-state index in [1.54, 1.807) is 21.3 Å². The number of nitrogens with one attached hydrogen (secondary N) is 1. The van der Waals surface area contributed by atoms with Crippen LogP contribution in [-0.2, 0) is 19.3 Å². The molecule has 0 spiro atoms. The molecule has 3 atom stereocenters. The summed E-state index contributed by atoms with van der Waals surface area (Å²) < 4.78 is 30.4. The number of nitrogens with zero attached hydrogens (tertiary/aromatic N) is 1. The molecule has 4 aliphatic rings. The van der Waals surface area contributed by atoms with Gasteiger partial charge in [-0.05, 0) is 96.2 Å². The first-order valence-corrected chi connectivity index (χ1v) is 15.3. The minimum Gasteiger partial charge on any atom is -0.502 e. The van der Waals surface area contributed by atoms with Gasteiger partial charge < -0.3 is 33.7 Å². The van der Waals surface area contributed by atoms with Crippen molar-refractivity contribution >= 4 is 6.08 Å². The number of phenols is 1. The summed E-state index contributed by atoms with van der Waals surface area (Å²) in [5, 5.41) is 11.6. The highest BCUT2D eigenvalue weighted by molar-refractivity contribution is 5.69. The molecule has 4 aromatic carbocycles. The minimum absolute atomic E-state index is 0.0366. The molecule has 4 aromatic rings. The van der Waals surface area contributed by atoms with Crippen LogP contribution in [0.25, 0.3) is 6.08 Å². The Kier molecular flexibility index (Phi) is 7.55. The van der Waals surface area contributed by atoms with E-state index in [1.165, 1.54) is 16.7 Å². The predicted molar refractivity (Wildman–Crippen MR) is 172 cm³/mol. The topological polar surface area (TPSA) is 74.1 Å². The van der Waals surface area contributed by atoms with E-state index >= 15 is 0 Å². The SMILES string of the molecule is COc1ccc2cc1Oc1ccc(cc1)C[C@@H]1c3cc(c(OC)cc3CCN1C)Oc1c(O)c(OC)cc3c1C(C2)[NH+](C)C=C3. The van der Waals surface area contributed by atoms with Crippen molar-refractivity contribution in [3.63, 3.8) is 0 Å².